The van der Waals surface area contributed by atoms with Crippen molar-refractivity contribution in [3.63, 3.8) is 0 Å². The van der Waals surface area contributed by atoms with E-state index in [1.54, 1.807) is 13.1 Å². The number of esters is 1. The third kappa shape index (κ3) is 3.37. The number of rotatable bonds is 6. The number of nitrogens with two attached hydrogens (primary N) is 1. The normalized spacial score (nSPS) is 28.4. The topological polar surface area (TPSA) is 135 Å². The Hall–Kier alpha value is -2.54. The van der Waals surface area contributed by atoms with Crippen LogP contribution in [0.15, 0.2) is 40.7 Å². The van der Waals surface area contributed by atoms with E-state index in [0.717, 1.165) is 0 Å². The predicted molar refractivity (Wildman–Crippen MR) is 99.8 cm³/mol. The SMILES string of the molecule is CO[C@@]1(N)C(=O)N2C(C(=O)OC3C=CC=CC3)=C(CSc3nnnn3C)CO[C@@H]21. The Labute approximate surface area is 170 Å². The van der Waals surface area contributed by atoms with Gasteiger partial charge in [-0.1, -0.05) is 30.0 Å². The first kappa shape index (κ1) is 19.8. The number of nitrogens with zero attached hydrogens (tertiary/aromatic N) is 5. The van der Waals surface area contributed by atoms with Gasteiger partial charge < -0.3 is 14.2 Å². The van der Waals surface area contributed by atoms with Crippen molar-refractivity contribution in [1.82, 2.24) is 25.1 Å². The van der Waals surface area contributed by atoms with Crippen LogP contribution in [0.1, 0.15) is 6.42 Å². The molecule has 3 aliphatic rings. The maximum Gasteiger partial charge on any atom is 0.355 e. The fourth-order valence-corrected chi connectivity index (χ4v) is 4.08. The zero-order valence-electron chi connectivity index (χ0n) is 15.8. The molecule has 29 heavy (non-hydrogen) atoms. The second-order valence-corrected chi connectivity index (χ2v) is 7.60. The highest BCUT2D eigenvalue weighted by Crippen LogP contribution is 2.40. The quantitative estimate of drug-likeness (QED) is 0.277. The number of methoxy groups -OCH3 is 1. The van der Waals surface area contributed by atoms with Crippen molar-refractivity contribution in [3.05, 3.63) is 35.6 Å². The second-order valence-electron chi connectivity index (χ2n) is 6.65. The van der Waals surface area contributed by atoms with Crippen molar-refractivity contribution in [1.29, 1.82) is 0 Å². The Morgan fingerprint density at radius 2 is 2.31 bits per heavy atom. The van der Waals surface area contributed by atoms with Crippen molar-refractivity contribution in [2.45, 2.75) is 29.6 Å². The first-order valence-corrected chi connectivity index (χ1v) is 9.85. The maximum absolute atomic E-state index is 13.0. The number of ether oxygens (including phenoxy) is 3. The predicted octanol–water partition coefficient (Wildman–Crippen LogP) is -0.516. The summed E-state index contributed by atoms with van der Waals surface area (Å²) in [6.07, 6.45) is 6.65. The van der Waals surface area contributed by atoms with E-state index < -0.39 is 29.9 Å². The molecule has 154 valence electrons. The highest BCUT2D eigenvalue weighted by atomic mass is 32.2. The molecule has 2 N–H and O–H groups in total. The molecule has 0 bridgehead atoms. The van der Waals surface area contributed by atoms with Gasteiger partial charge in [-0.05, 0) is 22.1 Å². The molecule has 0 saturated carbocycles. The van der Waals surface area contributed by atoms with Gasteiger partial charge in [0, 0.05) is 26.3 Å². The standard InChI is InChI=1S/C17H20N6O5S/c1-22-16(19-20-21-22)29-9-10-8-27-15-17(18,26-2)14(25)23(15)12(10)13(24)28-11-6-4-3-5-7-11/h3-6,11,15H,7-9,18H2,1-2H3/t11?,15-,17+/m1/s1. The molecule has 11 nitrogen and oxygen atoms in total. The monoisotopic (exact) mass is 420 g/mol. The summed E-state index contributed by atoms with van der Waals surface area (Å²) in [4.78, 5) is 26.9. The van der Waals surface area contributed by atoms with E-state index in [1.165, 1.54) is 28.5 Å². The molecule has 1 fully saturated rings. The summed E-state index contributed by atoms with van der Waals surface area (Å²) in [5.74, 6) is -0.833. The van der Waals surface area contributed by atoms with Crippen molar-refractivity contribution in [2.75, 3.05) is 19.5 Å². The molecule has 4 rings (SSSR count). The van der Waals surface area contributed by atoms with Crippen LogP contribution in [-0.4, -0.2) is 74.5 Å². The van der Waals surface area contributed by atoms with E-state index in [9.17, 15) is 9.59 Å². The Kier molecular flexibility index (Phi) is 5.25. The van der Waals surface area contributed by atoms with Crippen LogP contribution in [0.5, 0.6) is 0 Å². The number of amides is 1. The van der Waals surface area contributed by atoms with Gasteiger partial charge in [0.1, 0.15) is 11.8 Å². The average Bonchev–Trinajstić information content (AvgIpc) is 3.15. The molecule has 0 radical (unpaired) electrons. The van der Waals surface area contributed by atoms with E-state index >= 15 is 0 Å². The third-order valence-corrected chi connectivity index (χ3v) is 5.93. The fourth-order valence-electron chi connectivity index (χ4n) is 3.24. The first-order chi connectivity index (χ1) is 14.0. The molecule has 1 amide bonds. The highest BCUT2D eigenvalue weighted by molar-refractivity contribution is 7.99. The number of hydrogen-bond acceptors (Lipinski definition) is 10. The number of β-lactam (4-membered cyclic amide) rings is 1. The van der Waals surface area contributed by atoms with E-state index in [0.29, 0.717) is 22.9 Å². The highest BCUT2D eigenvalue weighted by Gasteiger charge is 2.64. The summed E-state index contributed by atoms with van der Waals surface area (Å²) < 4.78 is 18.0. The molecule has 3 heterocycles. The number of carbonyl (C=O) groups is 2. The third-order valence-electron chi connectivity index (χ3n) is 4.83. The van der Waals surface area contributed by atoms with Gasteiger partial charge in [-0.25, -0.2) is 9.48 Å². The molecule has 1 saturated heterocycles. The van der Waals surface area contributed by atoms with Crippen LogP contribution in [-0.2, 0) is 30.8 Å². The Balaban J connectivity index is 1.60. The number of carbonyl (C=O) groups excluding carboxylic acids is 2. The summed E-state index contributed by atoms with van der Waals surface area (Å²) in [5, 5.41) is 11.8. The smallest absolute Gasteiger partial charge is 0.355 e. The van der Waals surface area contributed by atoms with Crippen molar-refractivity contribution < 1.29 is 23.8 Å². The molecule has 0 aromatic carbocycles. The molecular weight excluding hydrogens is 400 g/mol. The van der Waals surface area contributed by atoms with Crippen LogP contribution >= 0.6 is 11.8 Å². The summed E-state index contributed by atoms with van der Waals surface area (Å²) in [5.41, 5.74) is 5.09. The van der Waals surface area contributed by atoms with Crippen molar-refractivity contribution in [2.24, 2.45) is 12.8 Å². The average molecular weight is 420 g/mol. The minimum absolute atomic E-state index is 0.0971. The van der Waals surface area contributed by atoms with E-state index in [2.05, 4.69) is 15.5 Å². The number of aryl methyl sites for hydroxylation is 1. The lowest BCUT2D eigenvalue weighted by molar-refractivity contribution is -0.248. The lowest BCUT2D eigenvalue weighted by atomic mass is 9.95. The van der Waals surface area contributed by atoms with Gasteiger partial charge in [0.05, 0.1) is 6.61 Å². The number of allylic oxidation sites excluding steroid dienone is 2. The van der Waals surface area contributed by atoms with Gasteiger partial charge in [0.2, 0.25) is 10.9 Å². The van der Waals surface area contributed by atoms with Crippen LogP contribution in [0.3, 0.4) is 0 Å². The lowest BCUT2D eigenvalue weighted by Crippen LogP contribution is -2.80. The number of tetrazole rings is 1. The molecule has 3 atom stereocenters. The van der Waals surface area contributed by atoms with Crippen molar-refractivity contribution >= 4 is 23.6 Å². The number of thioether (sulfide) groups is 1. The summed E-state index contributed by atoms with van der Waals surface area (Å²) in [6.45, 7) is 0.0971. The zero-order chi connectivity index (χ0) is 20.6. The second kappa shape index (κ2) is 7.71. The molecule has 1 aromatic rings. The van der Waals surface area contributed by atoms with Gasteiger partial charge in [0.15, 0.2) is 6.23 Å². The molecule has 1 unspecified atom stereocenters. The van der Waals surface area contributed by atoms with Gasteiger partial charge in [-0.15, -0.1) is 5.10 Å². The Morgan fingerprint density at radius 1 is 1.48 bits per heavy atom. The summed E-state index contributed by atoms with van der Waals surface area (Å²) in [6, 6.07) is 0. The fraction of sp³-hybridized carbons (Fsp3) is 0.471. The van der Waals surface area contributed by atoms with E-state index in [1.807, 2.05) is 18.2 Å². The Bertz CT molecular complexity index is 927. The largest absolute Gasteiger partial charge is 0.453 e. The van der Waals surface area contributed by atoms with E-state index in [-0.39, 0.29) is 12.3 Å². The van der Waals surface area contributed by atoms with Crippen molar-refractivity contribution in [3.8, 4) is 0 Å². The van der Waals surface area contributed by atoms with Gasteiger partial charge in [-0.2, -0.15) is 0 Å². The number of fused-ring (bicyclic) bond motifs is 1. The van der Waals surface area contributed by atoms with Crippen LogP contribution in [0.4, 0.5) is 0 Å². The first-order valence-electron chi connectivity index (χ1n) is 8.86. The maximum atomic E-state index is 13.0. The van der Waals surface area contributed by atoms with Gasteiger partial charge in [-0.3, -0.25) is 15.4 Å². The zero-order valence-corrected chi connectivity index (χ0v) is 16.7. The Morgan fingerprint density at radius 3 is 2.97 bits per heavy atom. The lowest BCUT2D eigenvalue weighted by Gasteiger charge is -2.54. The minimum Gasteiger partial charge on any atom is -0.453 e. The number of aromatic nitrogens is 4. The summed E-state index contributed by atoms with van der Waals surface area (Å²) in [7, 11) is 3.04. The van der Waals surface area contributed by atoms with Gasteiger partial charge in [0.25, 0.3) is 5.91 Å². The molecule has 1 aliphatic carbocycles. The molecule has 1 aromatic heterocycles. The van der Waals surface area contributed by atoms with Gasteiger partial charge >= 0.3 is 5.97 Å². The van der Waals surface area contributed by atoms with Crippen LogP contribution in [0.25, 0.3) is 0 Å². The summed E-state index contributed by atoms with van der Waals surface area (Å²) >= 11 is 1.32. The van der Waals surface area contributed by atoms with Crippen LogP contribution < -0.4 is 5.73 Å². The molecular formula is C17H20N6O5S. The van der Waals surface area contributed by atoms with Crippen LogP contribution in [0, 0.1) is 0 Å². The van der Waals surface area contributed by atoms with E-state index in [4.69, 9.17) is 19.9 Å². The number of hydrogen-bond donors (Lipinski definition) is 1. The molecule has 12 heteroatoms. The minimum atomic E-state index is -1.62. The molecule has 0 spiro atoms. The van der Waals surface area contributed by atoms with Crippen LogP contribution in [0.2, 0.25) is 0 Å². The molecule has 2 aliphatic heterocycles.